The lowest BCUT2D eigenvalue weighted by atomic mass is 9.69. The van der Waals surface area contributed by atoms with Crippen LogP contribution in [0.25, 0.3) is 0 Å². The fourth-order valence-electron chi connectivity index (χ4n) is 4.58. The van der Waals surface area contributed by atoms with Gasteiger partial charge in [0.1, 0.15) is 5.75 Å². The van der Waals surface area contributed by atoms with E-state index in [1.807, 2.05) is 6.07 Å². The zero-order valence-corrected chi connectivity index (χ0v) is 17.3. The summed E-state index contributed by atoms with van der Waals surface area (Å²) in [6, 6.07) is 11.4. The molecule has 0 amide bonds. The summed E-state index contributed by atoms with van der Waals surface area (Å²) in [7, 11) is 0. The van der Waals surface area contributed by atoms with E-state index in [0.29, 0.717) is 6.61 Å². The molecule has 0 bridgehead atoms. The molecule has 28 heavy (non-hydrogen) atoms. The number of carboxylic acids is 1. The third kappa shape index (κ3) is 3.24. The summed E-state index contributed by atoms with van der Waals surface area (Å²) in [5.74, 6) is -0.175. The normalized spacial score (nSPS) is 21.5. The molecule has 1 aliphatic carbocycles. The highest BCUT2D eigenvalue weighted by atomic mass is 35.5. The molecule has 4 rings (SSSR count). The largest absolute Gasteiger partial charge is 0.490 e. The van der Waals surface area contributed by atoms with Gasteiger partial charge in [0.05, 0.1) is 17.9 Å². The first kappa shape index (κ1) is 19.1. The highest BCUT2D eigenvalue weighted by Gasteiger charge is 2.43. The van der Waals surface area contributed by atoms with Gasteiger partial charge in [0.25, 0.3) is 0 Å². The predicted molar refractivity (Wildman–Crippen MR) is 112 cm³/mol. The van der Waals surface area contributed by atoms with Crippen LogP contribution in [0.5, 0.6) is 5.75 Å². The minimum Gasteiger partial charge on any atom is -0.490 e. The van der Waals surface area contributed by atoms with Gasteiger partial charge >= 0.3 is 5.97 Å². The van der Waals surface area contributed by atoms with E-state index in [2.05, 4.69) is 37.8 Å². The van der Waals surface area contributed by atoms with Gasteiger partial charge in [-0.3, -0.25) is 0 Å². The third-order valence-corrected chi connectivity index (χ3v) is 6.25. The molecule has 2 aromatic rings. The van der Waals surface area contributed by atoms with Crippen LogP contribution in [0.1, 0.15) is 55.1 Å². The van der Waals surface area contributed by atoms with Gasteiger partial charge in [0.2, 0.25) is 0 Å². The lowest BCUT2D eigenvalue weighted by Crippen LogP contribution is -2.51. The highest BCUT2D eigenvalue weighted by Crippen LogP contribution is 2.46. The Hall–Kier alpha value is -2.20. The van der Waals surface area contributed by atoms with E-state index in [-0.39, 0.29) is 16.5 Å². The summed E-state index contributed by atoms with van der Waals surface area (Å²) in [4.78, 5) is 13.9. The van der Waals surface area contributed by atoms with Crippen LogP contribution in [0.3, 0.4) is 0 Å². The molecule has 0 fully saturated rings. The Kier molecular flexibility index (Phi) is 4.58. The molecule has 1 N–H and O–H groups in total. The Bertz CT molecular complexity index is 934. The van der Waals surface area contributed by atoms with Crippen LogP contribution in [-0.2, 0) is 11.8 Å². The lowest BCUT2D eigenvalue weighted by molar-refractivity contribution is 0.0697. The molecule has 0 aromatic heterocycles. The van der Waals surface area contributed by atoms with Crippen LogP contribution in [0.2, 0.25) is 5.02 Å². The van der Waals surface area contributed by atoms with Gasteiger partial charge in [-0.15, -0.1) is 0 Å². The minimum absolute atomic E-state index is 0.145. The van der Waals surface area contributed by atoms with Crippen molar-refractivity contribution in [2.75, 3.05) is 18.1 Å². The fourth-order valence-corrected chi connectivity index (χ4v) is 4.78. The van der Waals surface area contributed by atoms with Crippen LogP contribution in [0.4, 0.5) is 5.69 Å². The molecule has 1 unspecified atom stereocenters. The monoisotopic (exact) mass is 399 g/mol. The zero-order chi connectivity index (χ0) is 20.1. The van der Waals surface area contributed by atoms with Crippen molar-refractivity contribution in [1.29, 1.82) is 0 Å². The van der Waals surface area contributed by atoms with Gasteiger partial charge in [-0.05, 0) is 81.5 Å². The Morgan fingerprint density at radius 2 is 2.00 bits per heavy atom. The molecule has 4 nitrogen and oxygen atoms in total. The summed E-state index contributed by atoms with van der Waals surface area (Å²) >= 11 is 6.26. The van der Waals surface area contributed by atoms with Crippen molar-refractivity contribution >= 4 is 23.3 Å². The third-order valence-electron chi connectivity index (χ3n) is 6.01. The van der Waals surface area contributed by atoms with E-state index >= 15 is 0 Å². The number of nitrogens with zero attached hydrogens (tertiary/aromatic N) is 1. The zero-order valence-electron chi connectivity index (χ0n) is 16.6. The van der Waals surface area contributed by atoms with E-state index in [1.165, 1.54) is 11.1 Å². The number of carbonyl (C=O) groups is 1. The van der Waals surface area contributed by atoms with Gasteiger partial charge in [-0.1, -0.05) is 17.7 Å². The van der Waals surface area contributed by atoms with E-state index in [9.17, 15) is 9.90 Å². The smallest absolute Gasteiger partial charge is 0.335 e. The maximum Gasteiger partial charge on any atom is 0.335 e. The number of aryl methyl sites for hydroxylation is 1. The number of benzene rings is 2. The first-order valence-electron chi connectivity index (χ1n) is 9.76. The quantitative estimate of drug-likeness (QED) is 0.706. The molecule has 0 saturated heterocycles. The van der Waals surface area contributed by atoms with Gasteiger partial charge in [0.15, 0.2) is 0 Å². The van der Waals surface area contributed by atoms with Crippen LogP contribution in [-0.4, -0.2) is 29.8 Å². The van der Waals surface area contributed by atoms with Gasteiger partial charge < -0.3 is 14.7 Å². The van der Waals surface area contributed by atoms with E-state index in [1.54, 1.807) is 18.2 Å². The van der Waals surface area contributed by atoms with Crippen molar-refractivity contribution in [1.82, 2.24) is 0 Å². The summed E-state index contributed by atoms with van der Waals surface area (Å²) in [6.07, 6.45) is 3.16. The van der Waals surface area contributed by atoms with Crippen molar-refractivity contribution in [3.8, 4) is 5.75 Å². The summed E-state index contributed by atoms with van der Waals surface area (Å²) in [5.41, 5.74) is 3.41. The van der Waals surface area contributed by atoms with E-state index in [4.69, 9.17) is 16.3 Å². The van der Waals surface area contributed by atoms with Crippen molar-refractivity contribution in [2.45, 2.75) is 51.0 Å². The molecule has 1 atom stereocenters. The van der Waals surface area contributed by atoms with Crippen LogP contribution >= 0.6 is 11.6 Å². The molecule has 5 heteroatoms. The average Bonchev–Trinajstić information content (AvgIpc) is 2.79. The SMILES string of the molecule is CC(C)(C)N1CC2(CCCc3cc(Cl)ccc32)COc2ccc(C(=O)O)cc21. The molecule has 1 aliphatic heterocycles. The summed E-state index contributed by atoms with van der Waals surface area (Å²) in [6.45, 7) is 7.84. The Balaban J connectivity index is 1.85. The topological polar surface area (TPSA) is 49.8 Å². The van der Waals surface area contributed by atoms with Crippen LogP contribution < -0.4 is 9.64 Å². The maximum atomic E-state index is 11.5. The Morgan fingerprint density at radius 1 is 1.21 bits per heavy atom. The number of hydrogen-bond acceptors (Lipinski definition) is 3. The first-order chi connectivity index (χ1) is 13.2. The number of rotatable bonds is 1. The maximum absolute atomic E-state index is 11.5. The number of anilines is 1. The molecule has 1 heterocycles. The van der Waals surface area contributed by atoms with Crippen LogP contribution in [0, 0.1) is 0 Å². The number of halogens is 1. The van der Waals surface area contributed by atoms with Crippen molar-refractivity contribution in [3.05, 3.63) is 58.1 Å². The molecular weight excluding hydrogens is 374 g/mol. The molecule has 2 aliphatic rings. The number of carboxylic acid groups (broad SMARTS) is 1. The Morgan fingerprint density at radius 3 is 2.71 bits per heavy atom. The first-order valence-corrected chi connectivity index (χ1v) is 10.1. The van der Waals surface area contributed by atoms with Crippen molar-refractivity contribution in [2.24, 2.45) is 0 Å². The van der Waals surface area contributed by atoms with Gasteiger partial charge in [-0.25, -0.2) is 4.79 Å². The van der Waals surface area contributed by atoms with Gasteiger partial charge in [-0.2, -0.15) is 0 Å². The molecule has 1 spiro atoms. The molecule has 148 valence electrons. The second kappa shape index (κ2) is 6.70. The summed E-state index contributed by atoms with van der Waals surface area (Å²) < 4.78 is 6.32. The number of hydrogen-bond donors (Lipinski definition) is 1. The fraction of sp³-hybridized carbons (Fsp3) is 0.435. The van der Waals surface area contributed by atoms with E-state index in [0.717, 1.165) is 42.3 Å². The molecule has 2 aromatic carbocycles. The standard InChI is InChI=1S/C23H26ClNO3/c1-22(2,3)25-13-23(10-4-5-15-11-17(24)7-8-18(15)23)14-28-20-9-6-16(21(26)27)12-19(20)25/h6-9,11-12H,4-5,10,13-14H2,1-3H3,(H,26,27). The van der Waals surface area contributed by atoms with Crippen LogP contribution in [0.15, 0.2) is 36.4 Å². The van der Waals surface area contributed by atoms with Crippen molar-refractivity contribution < 1.29 is 14.6 Å². The van der Waals surface area contributed by atoms with E-state index < -0.39 is 5.97 Å². The second-order valence-corrected chi connectivity index (χ2v) is 9.41. The lowest BCUT2D eigenvalue weighted by Gasteiger charge is -2.45. The average molecular weight is 400 g/mol. The number of ether oxygens (including phenoxy) is 1. The second-order valence-electron chi connectivity index (χ2n) is 8.97. The minimum atomic E-state index is -0.923. The number of fused-ring (bicyclic) bond motifs is 3. The predicted octanol–water partition coefficient (Wildman–Crippen LogP) is 5.31. The Labute approximate surface area is 171 Å². The number of aromatic carboxylic acids is 1. The molecule has 0 radical (unpaired) electrons. The molecule has 0 saturated carbocycles. The summed E-state index contributed by atoms with van der Waals surface area (Å²) in [5, 5.41) is 10.2. The molecular formula is C23H26ClNO3. The van der Waals surface area contributed by atoms with Gasteiger partial charge in [0, 0.05) is 22.5 Å². The highest BCUT2D eigenvalue weighted by molar-refractivity contribution is 6.30. The van der Waals surface area contributed by atoms with Crippen molar-refractivity contribution in [3.63, 3.8) is 0 Å².